The van der Waals surface area contributed by atoms with Gasteiger partial charge >= 0.3 is 0 Å². The fourth-order valence-electron chi connectivity index (χ4n) is 1.97. The Hall–Kier alpha value is -3.27. The molecular weight excluding hydrogens is 368 g/mol. The van der Waals surface area contributed by atoms with Crippen LogP contribution in [0.15, 0.2) is 56.8 Å². The third-order valence-corrected chi connectivity index (χ3v) is 3.20. The number of nitrogens with two attached hydrogens (primary N) is 1. The van der Waals surface area contributed by atoms with Crippen molar-refractivity contribution in [3.05, 3.63) is 78.7 Å². The van der Waals surface area contributed by atoms with E-state index >= 15 is 0 Å². The molecule has 3 aromatic rings. The van der Waals surface area contributed by atoms with Gasteiger partial charge in [-0.3, -0.25) is 24.6 Å². The molecule has 10 heteroatoms. The van der Waals surface area contributed by atoms with Crippen LogP contribution in [0.2, 0.25) is 0 Å². The van der Waals surface area contributed by atoms with Crippen LogP contribution in [0.25, 0.3) is 10.8 Å². The summed E-state index contributed by atoms with van der Waals surface area (Å²) in [5, 5.41) is 18.3. The van der Waals surface area contributed by atoms with Gasteiger partial charge in [-0.25, -0.2) is 5.84 Å². The van der Waals surface area contributed by atoms with E-state index in [1.165, 1.54) is 24.3 Å². The van der Waals surface area contributed by atoms with Crippen LogP contribution in [0.3, 0.4) is 0 Å². The van der Waals surface area contributed by atoms with E-state index in [-0.39, 0.29) is 45.7 Å². The number of hydrogen-bond donors (Lipinski definition) is 4. The van der Waals surface area contributed by atoms with Gasteiger partial charge < -0.3 is 15.7 Å². The van der Waals surface area contributed by atoms with Gasteiger partial charge in [0.05, 0.1) is 0 Å². The molecule has 0 unspecified atom stereocenters. The molecule has 0 radical (unpaired) electrons. The number of benzene rings is 2. The summed E-state index contributed by atoms with van der Waals surface area (Å²) < 4.78 is 0. The quantitative estimate of drug-likeness (QED) is 0.138. The number of rotatable bonds is 1. The monoisotopic (exact) mass is 382 g/mol. The Labute approximate surface area is 151 Å². The zero-order valence-electron chi connectivity index (χ0n) is 13.1. The minimum Gasteiger partial charge on any atom is -0.504 e. The smallest absolute Gasteiger partial charge is 0.273 e. The number of amides is 1. The van der Waals surface area contributed by atoms with Gasteiger partial charge in [-0.1, -0.05) is 24.3 Å². The molecule has 26 heavy (non-hydrogen) atoms. The van der Waals surface area contributed by atoms with E-state index in [0.29, 0.717) is 0 Å². The number of nitrogen functional groups attached to an aromatic ring is 1. The molecular formula is C16H15ClN2O7. The molecule has 0 heterocycles. The van der Waals surface area contributed by atoms with E-state index in [4.69, 9.17) is 16.1 Å². The maximum Gasteiger partial charge on any atom is 0.273 e. The first-order valence-corrected chi connectivity index (χ1v) is 6.62. The van der Waals surface area contributed by atoms with Crippen molar-refractivity contribution in [2.75, 3.05) is 0 Å². The first kappa shape index (κ1) is 22.7. The molecule has 0 aliphatic rings. The Morgan fingerprint density at radius 3 is 1.77 bits per heavy atom. The predicted octanol–water partition coefficient (Wildman–Crippen LogP) is -0.906. The number of hydrazine groups is 1. The van der Waals surface area contributed by atoms with Crippen LogP contribution in [0.4, 0.5) is 0 Å². The molecule has 0 fully saturated rings. The number of halogens is 1. The number of hydrogen-bond acceptors (Lipinski definition) is 7. The molecule has 3 rings (SSSR count). The molecule has 7 N–H and O–H groups in total. The molecule has 0 spiro atoms. The van der Waals surface area contributed by atoms with Crippen LogP contribution in [0.5, 0.6) is 11.5 Å². The van der Waals surface area contributed by atoms with Gasteiger partial charge in [-0.15, -0.1) is 12.4 Å². The highest BCUT2D eigenvalue weighted by molar-refractivity contribution is 5.94. The van der Waals surface area contributed by atoms with Crippen molar-refractivity contribution < 1.29 is 20.5 Å². The van der Waals surface area contributed by atoms with Crippen LogP contribution >= 0.6 is 12.4 Å². The maximum atomic E-state index is 11.0. The average Bonchev–Trinajstić information content (AvgIpc) is 2.82. The van der Waals surface area contributed by atoms with E-state index in [0.717, 1.165) is 6.07 Å². The average molecular weight is 383 g/mol. The molecule has 0 atom stereocenters. The molecule has 0 aliphatic heterocycles. The number of aromatic hydroxyl groups is 2. The van der Waals surface area contributed by atoms with E-state index in [2.05, 4.69) is 0 Å². The van der Waals surface area contributed by atoms with Crippen molar-refractivity contribution in [2.24, 2.45) is 5.84 Å². The summed E-state index contributed by atoms with van der Waals surface area (Å²) in [5.74, 6) is 3.70. The van der Waals surface area contributed by atoms with Crippen LogP contribution in [-0.4, -0.2) is 21.6 Å². The van der Waals surface area contributed by atoms with Crippen LogP contribution in [-0.2, 0) is 0 Å². The van der Waals surface area contributed by atoms with Gasteiger partial charge in [0.1, 0.15) is 0 Å². The number of carbonyl (C=O) groups excluding carboxylic acids is 1. The Balaban J connectivity index is 0.000000446. The first-order chi connectivity index (χ1) is 11.4. The van der Waals surface area contributed by atoms with E-state index in [1.54, 1.807) is 12.1 Å². The van der Waals surface area contributed by atoms with Crippen LogP contribution in [0, 0.1) is 0 Å². The molecule has 0 aromatic heterocycles. The lowest BCUT2D eigenvalue weighted by Crippen LogP contribution is -2.29. The van der Waals surface area contributed by atoms with Crippen molar-refractivity contribution >= 4 is 29.1 Å². The standard InChI is InChI=1S/C9H4O3.C7H8N2O3.ClH.H2O/c10-7-5-3-1-2-4-6(5)8(11)9(7)12;8-9-7(12)4-1-2-5(10)6(11)3-4;;/h1-4H;1-3,10-11H,8H2,(H,9,12);1H;1H2. The van der Waals surface area contributed by atoms with Gasteiger partial charge in [0, 0.05) is 16.3 Å². The Morgan fingerprint density at radius 2 is 1.35 bits per heavy atom. The maximum absolute atomic E-state index is 11.0. The third-order valence-electron chi connectivity index (χ3n) is 3.20. The number of nitrogens with one attached hydrogen (secondary N) is 1. The number of phenols is 2. The SMILES string of the molecule is Cl.NNC(=O)c1ccc(O)c(O)c1.O.O=c1c(=O)c2ccccc2c1=O. The molecule has 138 valence electrons. The number of phenolic OH excluding ortho intramolecular Hbond substituents is 2. The van der Waals surface area contributed by atoms with E-state index in [1.807, 2.05) is 5.43 Å². The molecule has 3 aromatic carbocycles. The van der Waals surface area contributed by atoms with E-state index < -0.39 is 22.2 Å². The highest BCUT2D eigenvalue weighted by Gasteiger charge is 2.10. The third kappa shape index (κ3) is 4.42. The Kier molecular flexibility index (Phi) is 8.11. The van der Waals surface area contributed by atoms with Crippen LogP contribution < -0.4 is 27.6 Å². The molecule has 1 amide bonds. The summed E-state index contributed by atoms with van der Waals surface area (Å²) in [4.78, 5) is 43.8. The van der Waals surface area contributed by atoms with Crippen molar-refractivity contribution in [3.8, 4) is 11.5 Å². The molecule has 0 aliphatic carbocycles. The number of carbonyl (C=O) groups is 1. The fraction of sp³-hybridized carbons (Fsp3) is 0. The zero-order valence-corrected chi connectivity index (χ0v) is 13.9. The molecule has 0 bridgehead atoms. The fourth-order valence-corrected chi connectivity index (χ4v) is 1.97. The molecule has 0 saturated heterocycles. The summed E-state index contributed by atoms with van der Waals surface area (Å²) in [6, 6.07) is 9.90. The van der Waals surface area contributed by atoms with Gasteiger partial charge in [0.2, 0.25) is 10.9 Å². The topological polar surface area (TPSA) is 178 Å². The highest BCUT2D eigenvalue weighted by Crippen LogP contribution is 2.24. The number of fused-ring (bicyclic) bond motifs is 1. The van der Waals surface area contributed by atoms with Crippen molar-refractivity contribution in [3.63, 3.8) is 0 Å². The second-order valence-corrected chi connectivity index (χ2v) is 4.71. The van der Waals surface area contributed by atoms with Gasteiger partial charge in [0.15, 0.2) is 11.5 Å². The lowest BCUT2D eigenvalue weighted by Gasteiger charge is -2.00. The summed E-state index contributed by atoms with van der Waals surface area (Å²) in [7, 11) is 0. The minimum atomic E-state index is -0.920. The zero-order chi connectivity index (χ0) is 17.9. The predicted molar refractivity (Wildman–Crippen MR) is 97.4 cm³/mol. The van der Waals surface area contributed by atoms with Crippen LogP contribution in [0.1, 0.15) is 10.4 Å². The summed E-state index contributed by atoms with van der Waals surface area (Å²) in [6.45, 7) is 0. The second kappa shape index (κ2) is 9.28. The van der Waals surface area contributed by atoms with Crippen molar-refractivity contribution in [2.45, 2.75) is 0 Å². The largest absolute Gasteiger partial charge is 0.504 e. The van der Waals surface area contributed by atoms with Crippen molar-refractivity contribution in [1.82, 2.24) is 5.43 Å². The molecule has 0 saturated carbocycles. The minimum absolute atomic E-state index is 0. The Bertz CT molecular complexity index is 1010. The first-order valence-electron chi connectivity index (χ1n) is 6.62. The lowest BCUT2D eigenvalue weighted by atomic mass is 10.2. The molecule has 9 nitrogen and oxygen atoms in total. The lowest BCUT2D eigenvalue weighted by molar-refractivity contribution is 0.0953. The second-order valence-electron chi connectivity index (χ2n) is 4.71. The Morgan fingerprint density at radius 1 is 0.846 bits per heavy atom. The van der Waals surface area contributed by atoms with Crippen molar-refractivity contribution in [1.29, 1.82) is 0 Å². The summed E-state index contributed by atoms with van der Waals surface area (Å²) >= 11 is 0. The van der Waals surface area contributed by atoms with E-state index in [9.17, 15) is 19.2 Å². The highest BCUT2D eigenvalue weighted by atomic mass is 35.5. The van der Waals surface area contributed by atoms with Gasteiger partial charge in [0.25, 0.3) is 11.3 Å². The normalized spacial score (nSPS) is 9.27. The summed E-state index contributed by atoms with van der Waals surface area (Å²) in [6.07, 6.45) is 0. The summed E-state index contributed by atoms with van der Waals surface area (Å²) in [5.41, 5.74) is -0.205. The van der Waals surface area contributed by atoms with Gasteiger partial charge in [-0.05, 0) is 18.2 Å². The van der Waals surface area contributed by atoms with Gasteiger partial charge in [-0.2, -0.15) is 0 Å².